The average molecular weight is 365 g/mol. The highest BCUT2D eigenvalue weighted by molar-refractivity contribution is 5.95. The van der Waals surface area contributed by atoms with Crippen molar-refractivity contribution < 1.29 is 9.59 Å². The first-order chi connectivity index (χ1) is 13.0. The molecule has 1 aliphatic heterocycles. The molecule has 1 heterocycles. The van der Waals surface area contributed by atoms with Gasteiger partial charge in [0.05, 0.1) is 6.42 Å². The molecule has 2 aromatic carbocycles. The lowest BCUT2D eigenvalue weighted by molar-refractivity contribution is -0.117. The second kappa shape index (κ2) is 8.82. The highest BCUT2D eigenvalue weighted by Crippen LogP contribution is 2.21. The molecule has 1 saturated heterocycles. The fourth-order valence-corrected chi connectivity index (χ4v) is 3.51. The van der Waals surface area contributed by atoms with Crippen LogP contribution in [0.4, 0.5) is 0 Å². The van der Waals surface area contributed by atoms with Gasteiger partial charge in [-0.1, -0.05) is 36.4 Å². The van der Waals surface area contributed by atoms with Crippen molar-refractivity contribution in [2.75, 3.05) is 19.6 Å². The Hall–Kier alpha value is -2.66. The molecule has 0 saturated carbocycles. The molecule has 0 aliphatic carbocycles. The van der Waals surface area contributed by atoms with Gasteiger partial charge in [0.25, 0.3) is 5.91 Å². The molecule has 5 heteroatoms. The number of carbonyl (C=O) groups excluding carboxylic acids is 2. The smallest absolute Gasteiger partial charge is 0.251 e. The molecule has 0 bridgehead atoms. The molecule has 1 fully saturated rings. The van der Waals surface area contributed by atoms with Crippen LogP contribution >= 0.6 is 0 Å². The Kier molecular flexibility index (Phi) is 6.24. The predicted molar refractivity (Wildman–Crippen MR) is 107 cm³/mol. The van der Waals surface area contributed by atoms with Crippen LogP contribution in [0.15, 0.2) is 48.5 Å². The standard InChI is InChI=1S/C22H27N3O2/c1-16(25-11-2-3-12-25)15-24-22(27)20-6-4-5-19(14-20)18-9-7-17(8-10-18)13-21(23)26/h4-10,14,16H,2-3,11-13,15H2,1H3,(H2,23,26)(H,24,27)/t16-/m1/s1. The number of benzene rings is 2. The zero-order valence-electron chi connectivity index (χ0n) is 15.8. The number of hydrogen-bond acceptors (Lipinski definition) is 3. The van der Waals surface area contributed by atoms with Crippen molar-refractivity contribution in [3.05, 3.63) is 59.7 Å². The molecule has 3 rings (SSSR count). The quantitative estimate of drug-likeness (QED) is 0.792. The van der Waals surface area contributed by atoms with Crippen LogP contribution < -0.4 is 11.1 Å². The van der Waals surface area contributed by atoms with Crippen molar-refractivity contribution in [3.63, 3.8) is 0 Å². The van der Waals surface area contributed by atoms with Crippen molar-refractivity contribution in [1.82, 2.24) is 10.2 Å². The minimum Gasteiger partial charge on any atom is -0.369 e. The van der Waals surface area contributed by atoms with Crippen LogP contribution in [0, 0.1) is 0 Å². The second-order valence-corrected chi connectivity index (χ2v) is 7.22. The summed E-state index contributed by atoms with van der Waals surface area (Å²) in [5.41, 5.74) is 8.75. The number of primary amides is 1. The first kappa shape index (κ1) is 19.1. The molecule has 2 aromatic rings. The summed E-state index contributed by atoms with van der Waals surface area (Å²) < 4.78 is 0. The number of nitrogens with two attached hydrogens (primary N) is 1. The summed E-state index contributed by atoms with van der Waals surface area (Å²) in [5.74, 6) is -0.391. The summed E-state index contributed by atoms with van der Waals surface area (Å²) >= 11 is 0. The van der Waals surface area contributed by atoms with E-state index < -0.39 is 0 Å². The topological polar surface area (TPSA) is 75.4 Å². The molecular formula is C22H27N3O2. The normalized spacial score (nSPS) is 15.4. The van der Waals surface area contributed by atoms with Gasteiger partial charge in [-0.3, -0.25) is 14.5 Å². The van der Waals surface area contributed by atoms with Crippen LogP contribution in [-0.2, 0) is 11.2 Å². The number of likely N-dealkylation sites (tertiary alicyclic amines) is 1. The van der Waals surface area contributed by atoms with E-state index in [1.807, 2.05) is 48.5 Å². The monoisotopic (exact) mass is 365 g/mol. The molecule has 27 heavy (non-hydrogen) atoms. The molecule has 0 radical (unpaired) electrons. The summed E-state index contributed by atoms with van der Waals surface area (Å²) in [7, 11) is 0. The van der Waals surface area contributed by atoms with Gasteiger partial charge < -0.3 is 11.1 Å². The Labute approximate surface area is 160 Å². The molecule has 0 aromatic heterocycles. The van der Waals surface area contributed by atoms with Gasteiger partial charge in [0.15, 0.2) is 0 Å². The summed E-state index contributed by atoms with van der Waals surface area (Å²) in [6.07, 6.45) is 2.73. The summed E-state index contributed by atoms with van der Waals surface area (Å²) in [6.45, 7) is 5.07. The van der Waals surface area contributed by atoms with Crippen molar-refractivity contribution in [2.45, 2.75) is 32.2 Å². The zero-order valence-corrected chi connectivity index (χ0v) is 15.8. The molecule has 0 spiro atoms. The third-order valence-corrected chi connectivity index (χ3v) is 5.11. The van der Waals surface area contributed by atoms with Crippen LogP contribution in [0.2, 0.25) is 0 Å². The van der Waals surface area contributed by atoms with Gasteiger partial charge in [0.1, 0.15) is 0 Å². The highest BCUT2D eigenvalue weighted by Gasteiger charge is 2.18. The van der Waals surface area contributed by atoms with E-state index in [2.05, 4.69) is 17.1 Å². The molecule has 1 aliphatic rings. The Morgan fingerprint density at radius 2 is 1.78 bits per heavy atom. The largest absolute Gasteiger partial charge is 0.369 e. The molecular weight excluding hydrogens is 338 g/mol. The Morgan fingerprint density at radius 1 is 1.07 bits per heavy atom. The molecule has 0 unspecified atom stereocenters. The molecule has 3 N–H and O–H groups in total. The lowest BCUT2D eigenvalue weighted by Gasteiger charge is -2.23. The second-order valence-electron chi connectivity index (χ2n) is 7.22. The molecule has 1 atom stereocenters. The number of carbonyl (C=O) groups is 2. The van der Waals surface area contributed by atoms with Crippen molar-refractivity contribution in [3.8, 4) is 11.1 Å². The van der Waals surface area contributed by atoms with E-state index in [1.54, 1.807) is 0 Å². The maximum absolute atomic E-state index is 12.5. The van der Waals surface area contributed by atoms with E-state index in [9.17, 15) is 9.59 Å². The lowest BCUT2D eigenvalue weighted by atomic mass is 10.0. The summed E-state index contributed by atoms with van der Waals surface area (Å²) in [4.78, 5) is 26.0. The number of hydrogen-bond donors (Lipinski definition) is 2. The number of nitrogens with one attached hydrogen (secondary N) is 1. The van der Waals surface area contributed by atoms with Gasteiger partial charge >= 0.3 is 0 Å². The van der Waals surface area contributed by atoms with Gasteiger partial charge in [0.2, 0.25) is 5.91 Å². The van der Waals surface area contributed by atoms with Gasteiger partial charge in [0, 0.05) is 18.2 Å². The lowest BCUT2D eigenvalue weighted by Crippen LogP contribution is -2.40. The van der Waals surface area contributed by atoms with E-state index in [4.69, 9.17) is 5.73 Å². The highest BCUT2D eigenvalue weighted by atomic mass is 16.2. The Balaban J connectivity index is 1.63. The van der Waals surface area contributed by atoms with Crippen LogP contribution in [0.5, 0.6) is 0 Å². The van der Waals surface area contributed by atoms with Crippen molar-refractivity contribution in [2.24, 2.45) is 5.73 Å². The van der Waals surface area contributed by atoms with Crippen LogP contribution in [0.1, 0.15) is 35.7 Å². The van der Waals surface area contributed by atoms with Crippen LogP contribution in [0.3, 0.4) is 0 Å². The maximum Gasteiger partial charge on any atom is 0.251 e. The summed E-state index contributed by atoms with van der Waals surface area (Å²) in [6, 6.07) is 15.7. The molecule has 2 amide bonds. The fourth-order valence-electron chi connectivity index (χ4n) is 3.51. The molecule has 142 valence electrons. The Morgan fingerprint density at radius 3 is 2.44 bits per heavy atom. The van der Waals surface area contributed by atoms with Crippen LogP contribution in [0.25, 0.3) is 11.1 Å². The van der Waals surface area contributed by atoms with Gasteiger partial charge in [-0.25, -0.2) is 0 Å². The van der Waals surface area contributed by atoms with Gasteiger partial charge in [-0.2, -0.15) is 0 Å². The third-order valence-electron chi connectivity index (χ3n) is 5.11. The van der Waals surface area contributed by atoms with E-state index in [0.29, 0.717) is 18.2 Å². The number of amides is 2. The van der Waals surface area contributed by atoms with E-state index in [0.717, 1.165) is 29.8 Å². The predicted octanol–water partition coefficient (Wildman–Crippen LogP) is 2.60. The first-order valence-corrected chi connectivity index (χ1v) is 9.53. The van der Waals surface area contributed by atoms with Gasteiger partial charge in [-0.05, 0) is 61.7 Å². The van der Waals surface area contributed by atoms with Crippen molar-refractivity contribution in [1.29, 1.82) is 0 Å². The Bertz CT molecular complexity index is 795. The summed E-state index contributed by atoms with van der Waals surface area (Å²) in [5, 5.41) is 3.05. The minimum atomic E-state index is -0.343. The average Bonchev–Trinajstić information content (AvgIpc) is 3.21. The van der Waals surface area contributed by atoms with E-state index >= 15 is 0 Å². The SMILES string of the molecule is C[C@H](CNC(=O)c1cccc(-c2ccc(CC(N)=O)cc2)c1)N1CCCC1. The molecule has 5 nitrogen and oxygen atoms in total. The minimum absolute atomic E-state index is 0.0479. The van der Waals surface area contributed by atoms with E-state index in [1.165, 1.54) is 12.8 Å². The van der Waals surface area contributed by atoms with E-state index in [-0.39, 0.29) is 18.2 Å². The zero-order chi connectivity index (χ0) is 19.2. The van der Waals surface area contributed by atoms with Crippen LogP contribution in [-0.4, -0.2) is 42.4 Å². The first-order valence-electron chi connectivity index (χ1n) is 9.53. The maximum atomic E-state index is 12.5. The number of rotatable bonds is 7. The van der Waals surface area contributed by atoms with Gasteiger partial charge in [-0.15, -0.1) is 0 Å². The van der Waals surface area contributed by atoms with Crippen molar-refractivity contribution >= 4 is 11.8 Å². The third kappa shape index (κ3) is 5.17. The number of nitrogens with zero attached hydrogens (tertiary/aromatic N) is 1. The fraction of sp³-hybridized carbons (Fsp3) is 0.364.